The molecular formula is C13H11N3O. The van der Waals surface area contributed by atoms with Crippen LogP contribution in [0, 0.1) is 11.3 Å². The molecule has 0 aliphatic carbocycles. The van der Waals surface area contributed by atoms with E-state index in [4.69, 9.17) is 5.26 Å². The van der Waals surface area contributed by atoms with E-state index in [1.165, 1.54) is 6.92 Å². The Bertz CT molecular complexity index is 575. The molecule has 2 aromatic rings. The molecule has 0 unspecified atom stereocenters. The van der Waals surface area contributed by atoms with Crippen molar-refractivity contribution in [2.45, 2.75) is 13.5 Å². The Hall–Kier alpha value is -2.41. The van der Waals surface area contributed by atoms with Crippen LogP contribution in [0.4, 0.5) is 0 Å². The van der Waals surface area contributed by atoms with Gasteiger partial charge in [0, 0.05) is 6.20 Å². The van der Waals surface area contributed by atoms with Crippen LogP contribution in [-0.2, 0) is 6.54 Å². The van der Waals surface area contributed by atoms with Crippen LogP contribution in [0.25, 0.3) is 0 Å². The number of hydrogen-bond acceptors (Lipinski definition) is 3. The first-order chi connectivity index (χ1) is 8.19. The van der Waals surface area contributed by atoms with Gasteiger partial charge in [0.2, 0.25) is 0 Å². The number of carbonyl (C=O) groups excluding carboxylic acids is 1. The summed E-state index contributed by atoms with van der Waals surface area (Å²) in [6, 6.07) is 9.37. The highest BCUT2D eigenvalue weighted by Crippen LogP contribution is 2.06. The fraction of sp³-hybridized carbons (Fsp3) is 0.154. The fourth-order valence-electron chi connectivity index (χ4n) is 1.50. The number of hydrogen-bond donors (Lipinski definition) is 0. The van der Waals surface area contributed by atoms with E-state index in [2.05, 4.69) is 11.2 Å². The third-order valence-corrected chi connectivity index (χ3v) is 2.47. The fourth-order valence-corrected chi connectivity index (χ4v) is 1.50. The number of carbonyl (C=O) groups is 1. The highest BCUT2D eigenvalue weighted by molar-refractivity contribution is 5.93. The van der Waals surface area contributed by atoms with Gasteiger partial charge in [-0.25, -0.2) is 0 Å². The second-order valence-corrected chi connectivity index (χ2v) is 3.79. The summed E-state index contributed by atoms with van der Waals surface area (Å²) in [5, 5.41) is 12.8. The summed E-state index contributed by atoms with van der Waals surface area (Å²) in [6.07, 6.45) is 3.28. The molecule has 84 valence electrons. The minimum Gasteiger partial charge on any atom is -0.294 e. The maximum atomic E-state index is 11.1. The predicted molar refractivity (Wildman–Crippen MR) is 62.5 cm³/mol. The molecule has 0 spiro atoms. The van der Waals surface area contributed by atoms with E-state index in [0.717, 1.165) is 5.56 Å². The molecule has 0 fully saturated rings. The highest BCUT2D eigenvalue weighted by Gasteiger charge is 2.03. The van der Waals surface area contributed by atoms with Gasteiger partial charge in [0.25, 0.3) is 0 Å². The van der Waals surface area contributed by atoms with Crippen molar-refractivity contribution < 1.29 is 4.79 Å². The van der Waals surface area contributed by atoms with Crippen molar-refractivity contribution in [3.63, 3.8) is 0 Å². The summed E-state index contributed by atoms with van der Waals surface area (Å²) < 4.78 is 1.71. The molecule has 0 aliphatic heterocycles. The monoisotopic (exact) mass is 225 g/mol. The van der Waals surface area contributed by atoms with Crippen LogP contribution >= 0.6 is 0 Å². The molecule has 0 amide bonds. The Morgan fingerprint density at radius 2 is 2.12 bits per heavy atom. The summed E-state index contributed by atoms with van der Waals surface area (Å²) in [4.78, 5) is 11.1. The Morgan fingerprint density at radius 1 is 1.41 bits per heavy atom. The molecule has 17 heavy (non-hydrogen) atoms. The quantitative estimate of drug-likeness (QED) is 0.751. The largest absolute Gasteiger partial charge is 0.294 e. The van der Waals surface area contributed by atoms with Crippen LogP contribution in [0.1, 0.15) is 28.4 Å². The number of nitriles is 1. The summed E-state index contributed by atoms with van der Waals surface area (Å²) in [5.41, 5.74) is 2.29. The third-order valence-electron chi connectivity index (χ3n) is 2.47. The summed E-state index contributed by atoms with van der Waals surface area (Å²) in [5.74, 6) is 0.0103. The lowest BCUT2D eigenvalue weighted by atomic mass is 10.1. The zero-order valence-corrected chi connectivity index (χ0v) is 9.42. The van der Waals surface area contributed by atoms with Gasteiger partial charge < -0.3 is 0 Å². The Kier molecular flexibility index (Phi) is 3.01. The molecule has 0 bridgehead atoms. The third kappa shape index (κ3) is 2.58. The number of Topliss-reactive ketones (excluding diaryl/α,β-unsaturated/α-hetero) is 1. The standard InChI is InChI=1S/C13H11N3O/c1-10(17)13-7-15-16(9-13)8-12-4-2-11(6-14)3-5-12/h2-5,7,9H,8H2,1H3. The van der Waals surface area contributed by atoms with Gasteiger partial charge >= 0.3 is 0 Å². The molecule has 0 atom stereocenters. The Labute approximate surface area is 99.1 Å². The zero-order valence-electron chi connectivity index (χ0n) is 9.42. The van der Waals surface area contributed by atoms with E-state index in [0.29, 0.717) is 17.7 Å². The number of benzene rings is 1. The molecule has 4 nitrogen and oxygen atoms in total. The van der Waals surface area contributed by atoms with E-state index in [1.807, 2.05) is 12.1 Å². The van der Waals surface area contributed by atoms with Crippen LogP contribution in [0.2, 0.25) is 0 Å². The maximum Gasteiger partial charge on any atom is 0.162 e. The van der Waals surface area contributed by atoms with Crippen LogP contribution in [0.3, 0.4) is 0 Å². The van der Waals surface area contributed by atoms with Gasteiger partial charge in [-0.05, 0) is 24.6 Å². The van der Waals surface area contributed by atoms with E-state index in [9.17, 15) is 4.79 Å². The van der Waals surface area contributed by atoms with Crippen LogP contribution in [-0.4, -0.2) is 15.6 Å². The van der Waals surface area contributed by atoms with Crippen molar-refractivity contribution in [3.05, 3.63) is 53.3 Å². The second kappa shape index (κ2) is 4.62. The Morgan fingerprint density at radius 3 is 2.65 bits per heavy atom. The van der Waals surface area contributed by atoms with Crippen molar-refractivity contribution >= 4 is 5.78 Å². The van der Waals surface area contributed by atoms with Gasteiger partial charge in [0.1, 0.15) is 0 Å². The molecule has 4 heteroatoms. The SMILES string of the molecule is CC(=O)c1cnn(Cc2ccc(C#N)cc2)c1. The first kappa shape index (κ1) is 11.1. The lowest BCUT2D eigenvalue weighted by molar-refractivity contribution is 0.101. The van der Waals surface area contributed by atoms with E-state index in [1.54, 1.807) is 29.2 Å². The summed E-state index contributed by atoms with van der Waals surface area (Å²) in [7, 11) is 0. The van der Waals surface area contributed by atoms with Crippen molar-refractivity contribution in [3.8, 4) is 6.07 Å². The van der Waals surface area contributed by atoms with Gasteiger partial charge in [-0.3, -0.25) is 9.48 Å². The molecule has 1 heterocycles. The zero-order chi connectivity index (χ0) is 12.3. The lowest BCUT2D eigenvalue weighted by Crippen LogP contribution is -2.00. The molecule has 1 aromatic heterocycles. The van der Waals surface area contributed by atoms with Crippen LogP contribution in [0.5, 0.6) is 0 Å². The second-order valence-electron chi connectivity index (χ2n) is 3.79. The summed E-state index contributed by atoms with van der Waals surface area (Å²) in [6.45, 7) is 2.11. The molecule has 2 rings (SSSR count). The normalized spacial score (nSPS) is 9.88. The van der Waals surface area contributed by atoms with Gasteiger partial charge in [-0.15, -0.1) is 0 Å². The highest BCUT2D eigenvalue weighted by atomic mass is 16.1. The van der Waals surface area contributed by atoms with Crippen molar-refractivity contribution in [2.75, 3.05) is 0 Å². The number of nitrogens with zero attached hydrogens (tertiary/aromatic N) is 3. The van der Waals surface area contributed by atoms with Crippen molar-refractivity contribution in [1.29, 1.82) is 5.26 Å². The van der Waals surface area contributed by atoms with Gasteiger partial charge in [-0.1, -0.05) is 12.1 Å². The number of ketones is 1. The molecule has 1 aromatic carbocycles. The van der Waals surface area contributed by atoms with Gasteiger partial charge in [0.05, 0.1) is 29.9 Å². The average molecular weight is 225 g/mol. The van der Waals surface area contributed by atoms with Gasteiger partial charge in [-0.2, -0.15) is 10.4 Å². The van der Waals surface area contributed by atoms with E-state index in [-0.39, 0.29) is 5.78 Å². The average Bonchev–Trinajstić information content (AvgIpc) is 2.79. The molecular weight excluding hydrogens is 214 g/mol. The number of rotatable bonds is 3. The van der Waals surface area contributed by atoms with E-state index >= 15 is 0 Å². The molecule has 0 aliphatic rings. The first-order valence-corrected chi connectivity index (χ1v) is 5.21. The topological polar surface area (TPSA) is 58.7 Å². The Balaban J connectivity index is 2.14. The van der Waals surface area contributed by atoms with Crippen molar-refractivity contribution in [2.24, 2.45) is 0 Å². The molecule has 0 radical (unpaired) electrons. The minimum absolute atomic E-state index is 0.0103. The minimum atomic E-state index is 0.0103. The lowest BCUT2D eigenvalue weighted by Gasteiger charge is -2.01. The van der Waals surface area contributed by atoms with Crippen LogP contribution in [0.15, 0.2) is 36.7 Å². The first-order valence-electron chi connectivity index (χ1n) is 5.21. The smallest absolute Gasteiger partial charge is 0.162 e. The molecule has 0 N–H and O–H groups in total. The number of aromatic nitrogens is 2. The van der Waals surface area contributed by atoms with E-state index < -0.39 is 0 Å². The summed E-state index contributed by atoms with van der Waals surface area (Å²) >= 11 is 0. The molecule has 0 saturated carbocycles. The van der Waals surface area contributed by atoms with Gasteiger partial charge in [0.15, 0.2) is 5.78 Å². The van der Waals surface area contributed by atoms with Crippen molar-refractivity contribution in [1.82, 2.24) is 9.78 Å². The maximum absolute atomic E-state index is 11.1. The predicted octanol–water partition coefficient (Wildman–Crippen LogP) is 2.01. The molecule has 0 saturated heterocycles. The van der Waals surface area contributed by atoms with Crippen LogP contribution < -0.4 is 0 Å².